The number of piperidine rings is 1. The first-order chi connectivity index (χ1) is 9.67. The molecule has 1 unspecified atom stereocenters. The van der Waals surface area contributed by atoms with Crippen molar-refractivity contribution in [1.29, 1.82) is 0 Å². The van der Waals surface area contributed by atoms with Crippen LogP contribution in [0.5, 0.6) is 0 Å². The number of aliphatic carboxylic acids is 1. The van der Waals surface area contributed by atoms with E-state index < -0.39 is 27.6 Å². The number of likely N-dealkylation sites (tertiary alicyclic amines) is 1. The smallest absolute Gasteiger partial charge is 0.329 e. The van der Waals surface area contributed by atoms with Gasteiger partial charge in [-0.2, -0.15) is 0 Å². The number of nitrogens with zero attached hydrogens (tertiary/aromatic N) is 1. The molecule has 0 radical (unpaired) electrons. The molecule has 9 heteroatoms. The number of nitrogens with one attached hydrogen (secondary N) is 2. The second kappa shape index (κ2) is 7.08. The van der Waals surface area contributed by atoms with Crippen LogP contribution in [0.4, 0.5) is 4.79 Å². The zero-order valence-electron chi connectivity index (χ0n) is 12.4. The van der Waals surface area contributed by atoms with Crippen molar-refractivity contribution in [2.45, 2.75) is 38.1 Å². The third kappa shape index (κ3) is 5.16. The van der Waals surface area contributed by atoms with Gasteiger partial charge in [0, 0.05) is 19.6 Å². The Morgan fingerprint density at radius 3 is 2.52 bits per heavy atom. The third-order valence-corrected chi connectivity index (χ3v) is 4.32. The van der Waals surface area contributed by atoms with Crippen LogP contribution >= 0.6 is 0 Å². The molecule has 0 aromatic heterocycles. The molecule has 0 bridgehead atoms. The maximum atomic E-state index is 12.1. The molecule has 1 heterocycles. The number of carbonyl (C=O) groups excluding carboxylic acids is 1. The maximum absolute atomic E-state index is 12.1. The van der Waals surface area contributed by atoms with Gasteiger partial charge in [-0.1, -0.05) is 0 Å². The van der Waals surface area contributed by atoms with Crippen LogP contribution in [0.15, 0.2) is 0 Å². The molecule has 122 valence electrons. The van der Waals surface area contributed by atoms with E-state index in [-0.39, 0.29) is 13.1 Å². The van der Waals surface area contributed by atoms with Crippen LogP contribution in [0.3, 0.4) is 0 Å². The fraction of sp³-hybridized carbons (Fsp3) is 0.833. The summed E-state index contributed by atoms with van der Waals surface area (Å²) in [5.74, 6) is -1.00. The van der Waals surface area contributed by atoms with E-state index in [0.29, 0.717) is 19.4 Å². The Bertz CT molecular complexity index is 493. The molecule has 0 aromatic rings. The van der Waals surface area contributed by atoms with Gasteiger partial charge >= 0.3 is 12.0 Å². The minimum atomic E-state index is -3.23. The molecular formula is C12H23N3O5S. The summed E-state index contributed by atoms with van der Waals surface area (Å²) in [5.41, 5.74) is -1.17. The fourth-order valence-electron chi connectivity index (χ4n) is 2.31. The van der Waals surface area contributed by atoms with Crippen LogP contribution in [-0.4, -0.2) is 61.9 Å². The van der Waals surface area contributed by atoms with Crippen molar-refractivity contribution < 1.29 is 23.1 Å². The topological polar surface area (TPSA) is 116 Å². The summed E-state index contributed by atoms with van der Waals surface area (Å²) in [6, 6.07) is -0.418. The number of hydrogen-bond acceptors (Lipinski definition) is 4. The van der Waals surface area contributed by atoms with Crippen LogP contribution in [0, 0.1) is 0 Å². The standard InChI is InChI=1S/C12H23N3O5S/c1-12(10(16)17)6-3-4-9-15(12)11(18)13-7-5-8-14-21(2,19)20/h14H,3-9H2,1-2H3,(H,13,18)(H,16,17). The molecule has 1 aliphatic heterocycles. The largest absolute Gasteiger partial charge is 0.480 e. The van der Waals surface area contributed by atoms with Crippen LogP contribution in [0.2, 0.25) is 0 Å². The van der Waals surface area contributed by atoms with E-state index in [0.717, 1.165) is 19.1 Å². The second-order valence-electron chi connectivity index (χ2n) is 5.44. The summed E-state index contributed by atoms with van der Waals surface area (Å²) in [7, 11) is -3.23. The number of carboxylic acid groups (broad SMARTS) is 1. The van der Waals surface area contributed by atoms with Crippen molar-refractivity contribution in [3.63, 3.8) is 0 Å². The zero-order chi connectivity index (χ0) is 16.1. The maximum Gasteiger partial charge on any atom is 0.329 e. The van der Waals surface area contributed by atoms with Gasteiger partial charge in [-0.3, -0.25) is 0 Å². The van der Waals surface area contributed by atoms with Gasteiger partial charge in [0.05, 0.1) is 6.26 Å². The van der Waals surface area contributed by atoms with Gasteiger partial charge in [0.2, 0.25) is 10.0 Å². The summed E-state index contributed by atoms with van der Waals surface area (Å²) in [6.45, 7) is 2.48. The molecule has 1 fully saturated rings. The minimum Gasteiger partial charge on any atom is -0.480 e. The Labute approximate surface area is 124 Å². The number of carbonyl (C=O) groups is 2. The molecule has 21 heavy (non-hydrogen) atoms. The van der Waals surface area contributed by atoms with E-state index in [2.05, 4.69) is 10.0 Å². The predicted octanol–water partition coefficient (Wildman–Crippen LogP) is -0.0355. The summed E-state index contributed by atoms with van der Waals surface area (Å²) in [4.78, 5) is 24.8. The Hall–Kier alpha value is -1.35. The Morgan fingerprint density at radius 2 is 1.95 bits per heavy atom. The fourth-order valence-corrected chi connectivity index (χ4v) is 2.82. The molecule has 0 aromatic carbocycles. The molecule has 1 rings (SSSR count). The summed E-state index contributed by atoms with van der Waals surface area (Å²) in [5, 5.41) is 12.0. The first-order valence-corrected chi connectivity index (χ1v) is 8.79. The van der Waals surface area contributed by atoms with Gasteiger partial charge in [0.1, 0.15) is 5.54 Å². The quantitative estimate of drug-likeness (QED) is 0.594. The van der Waals surface area contributed by atoms with Crippen molar-refractivity contribution in [1.82, 2.24) is 14.9 Å². The molecule has 1 aliphatic rings. The first kappa shape index (κ1) is 17.7. The number of amides is 2. The molecule has 1 saturated heterocycles. The number of rotatable bonds is 6. The average molecular weight is 321 g/mol. The monoisotopic (exact) mass is 321 g/mol. The third-order valence-electron chi connectivity index (χ3n) is 3.59. The van der Waals surface area contributed by atoms with Crippen molar-refractivity contribution in [2.75, 3.05) is 25.9 Å². The highest BCUT2D eigenvalue weighted by Crippen LogP contribution is 2.28. The van der Waals surface area contributed by atoms with Crippen LogP contribution in [-0.2, 0) is 14.8 Å². The second-order valence-corrected chi connectivity index (χ2v) is 7.27. The van der Waals surface area contributed by atoms with Crippen molar-refractivity contribution in [3.05, 3.63) is 0 Å². The number of urea groups is 1. The lowest BCUT2D eigenvalue weighted by molar-refractivity contribution is -0.150. The van der Waals surface area contributed by atoms with Gasteiger partial charge in [-0.25, -0.2) is 22.7 Å². The van der Waals surface area contributed by atoms with Gasteiger partial charge in [0.25, 0.3) is 0 Å². The van der Waals surface area contributed by atoms with Crippen molar-refractivity contribution in [2.24, 2.45) is 0 Å². The highest BCUT2D eigenvalue weighted by molar-refractivity contribution is 7.88. The number of carboxylic acids is 1. The van der Waals surface area contributed by atoms with E-state index in [4.69, 9.17) is 0 Å². The highest BCUT2D eigenvalue weighted by atomic mass is 32.2. The summed E-state index contributed by atoms with van der Waals surface area (Å²) < 4.78 is 24.1. The predicted molar refractivity (Wildman–Crippen MR) is 77.5 cm³/mol. The van der Waals surface area contributed by atoms with E-state index in [1.165, 1.54) is 4.90 Å². The van der Waals surface area contributed by atoms with E-state index in [1.807, 2.05) is 0 Å². The Morgan fingerprint density at radius 1 is 1.29 bits per heavy atom. The Kier molecular flexibility index (Phi) is 5.97. The molecule has 0 spiro atoms. The van der Waals surface area contributed by atoms with Gasteiger partial charge in [-0.05, 0) is 32.6 Å². The van der Waals surface area contributed by atoms with Crippen molar-refractivity contribution >= 4 is 22.0 Å². The molecule has 0 saturated carbocycles. The molecule has 8 nitrogen and oxygen atoms in total. The SMILES string of the molecule is CC1(C(=O)O)CCCCN1C(=O)NCCCNS(C)(=O)=O. The molecule has 3 N–H and O–H groups in total. The lowest BCUT2D eigenvalue weighted by Crippen LogP contribution is -2.60. The lowest BCUT2D eigenvalue weighted by atomic mass is 9.89. The van der Waals surface area contributed by atoms with Crippen LogP contribution in [0.1, 0.15) is 32.6 Å². The van der Waals surface area contributed by atoms with Crippen molar-refractivity contribution in [3.8, 4) is 0 Å². The van der Waals surface area contributed by atoms with Crippen LogP contribution < -0.4 is 10.0 Å². The summed E-state index contributed by atoms with van der Waals surface area (Å²) in [6.07, 6.45) is 3.51. The molecule has 2 amide bonds. The zero-order valence-corrected chi connectivity index (χ0v) is 13.2. The number of sulfonamides is 1. The molecule has 1 atom stereocenters. The Balaban J connectivity index is 2.45. The van der Waals surface area contributed by atoms with Gasteiger partial charge in [0.15, 0.2) is 0 Å². The highest BCUT2D eigenvalue weighted by Gasteiger charge is 2.43. The number of hydrogen-bond donors (Lipinski definition) is 3. The van der Waals surface area contributed by atoms with E-state index in [1.54, 1.807) is 6.92 Å². The minimum absolute atomic E-state index is 0.231. The van der Waals surface area contributed by atoms with E-state index in [9.17, 15) is 23.1 Å². The average Bonchev–Trinajstić information content (AvgIpc) is 2.37. The molecule has 0 aliphatic carbocycles. The summed E-state index contributed by atoms with van der Waals surface area (Å²) >= 11 is 0. The van der Waals surface area contributed by atoms with Crippen LogP contribution in [0.25, 0.3) is 0 Å². The van der Waals surface area contributed by atoms with Gasteiger partial charge in [-0.15, -0.1) is 0 Å². The van der Waals surface area contributed by atoms with E-state index >= 15 is 0 Å². The molecular weight excluding hydrogens is 298 g/mol. The normalized spacial score (nSPS) is 22.9. The first-order valence-electron chi connectivity index (χ1n) is 6.90. The lowest BCUT2D eigenvalue weighted by Gasteiger charge is -2.41. The van der Waals surface area contributed by atoms with Gasteiger partial charge < -0.3 is 15.3 Å².